The lowest BCUT2D eigenvalue weighted by molar-refractivity contribution is -0.120. The SMILES string of the molecule is COc1ccccc1NCC(=O)NNC1=CCCCC1C. The van der Waals surface area contributed by atoms with Crippen molar-refractivity contribution >= 4 is 11.6 Å². The average Bonchev–Trinajstić information content (AvgIpc) is 2.52. The van der Waals surface area contributed by atoms with Crippen molar-refractivity contribution in [1.82, 2.24) is 10.9 Å². The summed E-state index contributed by atoms with van der Waals surface area (Å²) in [5, 5.41) is 3.07. The standard InChI is InChI=1S/C16H23N3O2/c1-12-7-3-4-8-13(12)18-19-16(20)11-17-14-9-5-6-10-15(14)21-2/h5-6,8-10,12,17-18H,3-4,7,11H2,1-2H3,(H,19,20). The number of ether oxygens (including phenoxy) is 1. The number of para-hydroxylation sites is 2. The lowest BCUT2D eigenvalue weighted by Gasteiger charge is -2.22. The Bertz CT molecular complexity index is 514. The lowest BCUT2D eigenvalue weighted by Crippen LogP contribution is -2.41. The zero-order valence-corrected chi connectivity index (χ0v) is 12.6. The van der Waals surface area contributed by atoms with Crippen LogP contribution in [-0.4, -0.2) is 19.6 Å². The molecule has 0 bridgehead atoms. The Kier molecular flexibility index (Phi) is 5.49. The van der Waals surface area contributed by atoms with E-state index in [-0.39, 0.29) is 12.5 Å². The molecule has 0 spiro atoms. The third-order valence-electron chi connectivity index (χ3n) is 3.63. The van der Waals surface area contributed by atoms with Gasteiger partial charge in [0.2, 0.25) is 0 Å². The number of methoxy groups -OCH3 is 1. The largest absolute Gasteiger partial charge is 0.495 e. The molecule has 1 aromatic carbocycles. The number of hydrazine groups is 1. The first-order valence-electron chi connectivity index (χ1n) is 7.32. The van der Waals surface area contributed by atoms with Crippen molar-refractivity contribution in [3.05, 3.63) is 36.0 Å². The van der Waals surface area contributed by atoms with Crippen LogP contribution in [0.5, 0.6) is 5.75 Å². The molecule has 1 aliphatic carbocycles. The molecule has 1 amide bonds. The quantitative estimate of drug-likeness (QED) is 0.704. The predicted molar refractivity (Wildman–Crippen MR) is 83.9 cm³/mol. The monoisotopic (exact) mass is 289 g/mol. The second-order valence-corrected chi connectivity index (χ2v) is 5.22. The number of hydrogen-bond acceptors (Lipinski definition) is 4. The van der Waals surface area contributed by atoms with Gasteiger partial charge in [0.25, 0.3) is 5.91 Å². The number of carbonyl (C=O) groups is 1. The van der Waals surface area contributed by atoms with Crippen LogP contribution in [0, 0.1) is 5.92 Å². The summed E-state index contributed by atoms with van der Waals surface area (Å²) in [6, 6.07) is 7.52. The fourth-order valence-electron chi connectivity index (χ4n) is 2.36. The molecular weight excluding hydrogens is 266 g/mol. The molecule has 0 saturated carbocycles. The van der Waals surface area contributed by atoms with Crippen molar-refractivity contribution in [2.45, 2.75) is 26.2 Å². The molecule has 0 aliphatic heterocycles. The minimum atomic E-state index is -0.112. The number of allylic oxidation sites excluding steroid dienone is 2. The maximum absolute atomic E-state index is 11.9. The number of benzene rings is 1. The van der Waals surface area contributed by atoms with E-state index in [1.807, 2.05) is 24.3 Å². The van der Waals surface area contributed by atoms with Gasteiger partial charge < -0.3 is 15.5 Å². The summed E-state index contributed by atoms with van der Waals surface area (Å²) in [5.74, 6) is 1.09. The first kappa shape index (κ1) is 15.2. The number of nitrogens with one attached hydrogen (secondary N) is 3. The molecule has 5 nitrogen and oxygen atoms in total. The van der Waals surface area contributed by atoms with E-state index in [0.29, 0.717) is 5.92 Å². The topological polar surface area (TPSA) is 62.4 Å². The van der Waals surface area contributed by atoms with Gasteiger partial charge in [0.05, 0.1) is 19.3 Å². The van der Waals surface area contributed by atoms with Crippen molar-refractivity contribution in [2.24, 2.45) is 5.92 Å². The average molecular weight is 289 g/mol. The molecule has 0 heterocycles. The molecule has 1 aliphatic rings. The lowest BCUT2D eigenvalue weighted by atomic mass is 9.94. The highest BCUT2D eigenvalue weighted by Gasteiger charge is 2.13. The van der Waals surface area contributed by atoms with E-state index in [4.69, 9.17) is 4.74 Å². The summed E-state index contributed by atoms with van der Waals surface area (Å²) in [5.41, 5.74) is 7.67. The van der Waals surface area contributed by atoms with Crippen LogP contribution in [0.25, 0.3) is 0 Å². The number of amides is 1. The maximum Gasteiger partial charge on any atom is 0.257 e. The first-order valence-corrected chi connectivity index (χ1v) is 7.32. The summed E-state index contributed by atoms with van der Waals surface area (Å²) >= 11 is 0. The van der Waals surface area contributed by atoms with Crippen molar-refractivity contribution in [3.8, 4) is 5.75 Å². The fraction of sp³-hybridized carbons (Fsp3) is 0.438. The molecule has 0 saturated heterocycles. The first-order chi connectivity index (χ1) is 10.2. The van der Waals surface area contributed by atoms with E-state index in [2.05, 4.69) is 29.2 Å². The Hall–Kier alpha value is -2.17. The summed E-state index contributed by atoms with van der Waals surface area (Å²) in [4.78, 5) is 11.9. The van der Waals surface area contributed by atoms with Crippen molar-refractivity contribution in [2.75, 3.05) is 19.0 Å². The van der Waals surface area contributed by atoms with Crippen LogP contribution in [0.15, 0.2) is 36.0 Å². The second-order valence-electron chi connectivity index (χ2n) is 5.22. The molecule has 2 rings (SSSR count). The molecule has 0 fully saturated rings. The molecule has 1 unspecified atom stereocenters. The van der Waals surface area contributed by atoms with Crippen molar-refractivity contribution < 1.29 is 9.53 Å². The molecule has 3 N–H and O–H groups in total. The van der Waals surface area contributed by atoms with Gasteiger partial charge in [-0.25, -0.2) is 0 Å². The Labute approximate surface area is 125 Å². The Morgan fingerprint density at radius 1 is 1.38 bits per heavy atom. The Morgan fingerprint density at radius 2 is 2.19 bits per heavy atom. The predicted octanol–water partition coefficient (Wildman–Crippen LogP) is 2.43. The summed E-state index contributed by atoms with van der Waals surface area (Å²) in [6.07, 6.45) is 5.61. The number of anilines is 1. The molecule has 0 radical (unpaired) electrons. The third kappa shape index (κ3) is 4.41. The number of carbonyl (C=O) groups excluding carboxylic acids is 1. The van der Waals surface area contributed by atoms with Gasteiger partial charge in [-0.1, -0.05) is 25.1 Å². The highest BCUT2D eigenvalue weighted by molar-refractivity contribution is 5.81. The molecule has 1 aromatic rings. The van der Waals surface area contributed by atoms with Crippen LogP contribution in [-0.2, 0) is 4.79 Å². The molecule has 114 valence electrons. The maximum atomic E-state index is 11.9. The van der Waals surface area contributed by atoms with Gasteiger partial charge in [0.15, 0.2) is 0 Å². The number of rotatable bonds is 6. The van der Waals surface area contributed by atoms with Crippen LogP contribution < -0.4 is 20.9 Å². The van der Waals surface area contributed by atoms with Crippen LogP contribution in [0.2, 0.25) is 0 Å². The molecule has 5 heteroatoms. The van der Waals surface area contributed by atoms with Gasteiger partial charge >= 0.3 is 0 Å². The van der Waals surface area contributed by atoms with Crippen LogP contribution in [0.1, 0.15) is 26.2 Å². The molecular formula is C16H23N3O2. The Morgan fingerprint density at radius 3 is 2.95 bits per heavy atom. The third-order valence-corrected chi connectivity index (χ3v) is 3.63. The zero-order valence-electron chi connectivity index (χ0n) is 12.6. The van der Waals surface area contributed by atoms with E-state index >= 15 is 0 Å². The summed E-state index contributed by atoms with van der Waals surface area (Å²) in [6.45, 7) is 2.35. The van der Waals surface area contributed by atoms with Crippen LogP contribution in [0.3, 0.4) is 0 Å². The van der Waals surface area contributed by atoms with Crippen LogP contribution >= 0.6 is 0 Å². The van der Waals surface area contributed by atoms with Gasteiger partial charge in [-0.3, -0.25) is 10.2 Å². The van der Waals surface area contributed by atoms with E-state index < -0.39 is 0 Å². The van der Waals surface area contributed by atoms with Gasteiger partial charge in [0.1, 0.15) is 5.75 Å². The normalized spacial score (nSPS) is 17.6. The highest BCUT2D eigenvalue weighted by Crippen LogP contribution is 2.23. The minimum Gasteiger partial charge on any atom is -0.495 e. The smallest absolute Gasteiger partial charge is 0.257 e. The zero-order chi connectivity index (χ0) is 15.1. The molecule has 1 atom stereocenters. The highest BCUT2D eigenvalue weighted by atomic mass is 16.5. The van der Waals surface area contributed by atoms with Gasteiger partial charge in [-0.05, 0) is 37.3 Å². The molecule has 21 heavy (non-hydrogen) atoms. The summed E-state index contributed by atoms with van der Waals surface area (Å²) < 4.78 is 5.23. The van der Waals surface area contributed by atoms with Gasteiger partial charge in [0, 0.05) is 5.70 Å². The van der Waals surface area contributed by atoms with E-state index in [0.717, 1.165) is 30.0 Å². The number of hydrogen-bond donors (Lipinski definition) is 3. The van der Waals surface area contributed by atoms with Crippen LogP contribution in [0.4, 0.5) is 5.69 Å². The minimum absolute atomic E-state index is 0.112. The van der Waals surface area contributed by atoms with E-state index in [1.165, 1.54) is 6.42 Å². The van der Waals surface area contributed by atoms with E-state index in [1.54, 1.807) is 7.11 Å². The fourth-order valence-corrected chi connectivity index (χ4v) is 2.36. The van der Waals surface area contributed by atoms with E-state index in [9.17, 15) is 4.79 Å². The molecule has 0 aromatic heterocycles. The van der Waals surface area contributed by atoms with Gasteiger partial charge in [-0.15, -0.1) is 0 Å². The second kappa shape index (κ2) is 7.57. The Balaban J connectivity index is 1.78. The summed E-state index contributed by atoms with van der Waals surface area (Å²) in [7, 11) is 1.61. The van der Waals surface area contributed by atoms with Crippen molar-refractivity contribution in [3.63, 3.8) is 0 Å². The van der Waals surface area contributed by atoms with Gasteiger partial charge in [-0.2, -0.15) is 0 Å². The van der Waals surface area contributed by atoms with Crippen molar-refractivity contribution in [1.29, 1.82) is 0 Å².